The van der Waals surface area contributed by atoms with Gasteiger partial charge in [0.15, 0.2) is 0 Å². The minimum absolute atomic E-state index is 0.198. The first-order chi connectivity index (χ1) is 8.25. The van der Waals surface area contributed by atoms with E-state index in [9.17, 15) is 4.79 Å². The molecule has 1 fully saturated rings. The van der Waals surface area contributed by atoms with Gasteiger partial charge in [-0.1, -0.05) is 5.16 Å². The van der Waals surface area contributed by atoms with Crippen molar-refractivity contribution < 1.29 is 13.7 Å². The Morgan fingerprint density at radius 1 is 1.47 bits per heavy atom. The van der Waals surface area contributed by atoms with Crippen molar-refractivity contribution in [3.05, 3.63) is 24.0 Å². The van der Waals surface area contributed by atoms with E-state index in [0.717, 1.165) is 24.2 Å². The monoisotopic (exact) mass is 232 g/mol. The fourth-order valence-electron chi connectivity index (χ4n) is 2.18. The summed E-state index contributed by atoms with van der Waals surface area (Å²) in [5, 5.41) is 3.90. The van der Waals surface area contributed by atoms with E-state index in [1.807, 2.05) is 6.92 Å². The summed E-state index contributed by atoms with van der Waals surface area (Å²) in [7, 11) is 0. The van der Waals surface area contributed by atoms with E-state index in [-0.39, 0.29) is 11.7 Å². The standard InChI is InChI=1S/C12H12N2O3/c1-7-8(5-6-16-7)11-13-12(17-14-11)9-3-2-4-10(9)15/h5-6,9H,2-4H2,1H3. The van der Waals surface area contributed by atoms with Crippen LogP contribution in [0.4, 0.5) is 0 Å². The minimum Gasteiger partial charge on any atom is -0.469 e. The molecule has 5 heteroatoms. The lowest BCUT2D eigenvalue weighted by Gasteiger charge is -1.98. The summed E-state index contributed by atoms with van der Waals surface area (Å²) in [5.74, 6) is 1.66. The highest BCUT2D eigenvalue weighted by molar-refractivity contribution is 5.86. The lowest BCUT2D eigenvalue weighted by molar-refractivity contribution is -0.119. The van der Waals surface area contributed by atoms with Crippen molar-refractivity contribution in [1.29, 1.82) is 0 Å². The first-order valence-corrected chi connectivity index (χ1v) is 5.66. The number of hydrogen-bond donors (Lipinski definition) is 0. The molecule has 1 unspecified atom stereocenters. The molecule has 1 saturated carbocycles. The van der Waals surface area contributed by atoms with Crippen LogP contribution in [0.1, 0.15) is 36.8 Å². The van der Waals surface area contributed by atoms with Crippen LogP contribution in [0.25, 0.3) is 11.4 Å². The van der Waals surface area contributed by atoms with Gasteiger partial charge in [-0.2, -0.15) is 4.98 Å². The number of carbonyl (C=O) groups is 1. The summed E-state index contributed by atoms with van der Waals surface area (Å²) < 4.78 is 10.4. The lowest BCUT2D eigenvalue weighted by Crippen LogP contribution is -2.04. The molecule has 0 spiro atoms. The van der Waals surface area contributed by atoms with E-state index >= 15 is 0 Å². The molecule has 0 saturated heterocycles. The summed E-state index contributed by atoms with van der Waals surface area (Å²) in [4.78, 5) is 15.9. The Labute approximate surface area is 97.8 Å². The number of aryl methyl sites for hydroxylation is 1. The molecule has 2 aromatic heterocycles. The molecule has 0 N–H and O–H groups in total. The summed E-state index contributed by atoms with van der Waals surface area (Å²) in [5.41, 5.74) is 0.811. The van der Waals surface area contributed by atoms with Crippen LogP contribution in [0.5, 0.6) is 0 Å². The molecule has 0 bridgehead atoms. The van der Waals surface area contributed by atoms with Crippen LogP contribution in [0.3, 0.4) is 0 Å². The van der Waals surface area contributed by atoms with Crippen LogP contribution in [0.2, 0.25) is 0 Å². The molecule has 1 aliphatic rings. The highest BCUT2D eigenvalue weighted by atomic mass is 16.5. The van der Waals surface area contributed by atoms with E-state index < -0.39 is 0 Å². The average Bonchev–Trinajstić information content (AvgIpc) is 2.97. The van der Waals surface area contributed by atoms with Crippen molar-refractivity contribution in [2.45, 2.75) is 32.1 Å². The van der Waals surface area contributed by atoms with E-state index in [2.05, 4.69) is 10.1 Å². The van der Waals surface area contributed by atoms with Gasteiger partial charge in [0.25, 0.3) is 0 Å². The predicted octanol–water partition coefficient (Wildman–Crippen LogP) is 2.47. The Bertz CT molecular complexity index is 556. The van der Waals surface area contributed by atoms with Crippen LogP contribution >= 0.6 is 0 Å². The number of Topliss-reactive ketones (excluding diaryl/α,β-unsaturated/α-hetero) is 1. The molecule has 2 aromatic rings. The predicted molar refractivity (Wildman–Crippen MR) is 58.3 cm³/mol. The van der Waals surface area contributed by atoms with Gasteiger partial charge in [-0.15, -0.1) is 0 Å². The van der Waals surface area contributed by atoms with Gasteiger partial charge in [-0.05, 0) is 25.8 Å². The maximum Gasteiger partial charge on any atom is 0.237 e. The molecule has 5 nitrogen and oxygen atoms in total. The van der Waals surface area contributed by atoms with E-state index in [0.29, 0.717) is 18.1 Å². The normalized spacial score (nSPS) is 20.1. The second-order valence-electron chi connectivity index (χ2n) is 4.26. The summed E-state index contributed by atoms with van der Waals surface area (Å²) >= 11 is 0. The number of aromatic nitrogens is 2. The van der Waals surface area contributed by atoms with Gasteiger partial charge in [-0.25, -0.2) is 0 Å². The average molecular weight is 232 g/mol. The number of hydrogen-bond acceptors (Lipinski definition) is 5. The molecule has 0 aliphatic heterocycles. The van der Waals surface area contributed by atoms with E-state index in [4.69, 9.17) is 8.94 Å². The Balaban J connectivity index is 1.93. The largest absolute Gasteiger partial charge is 0.469 e. The van der Waals surface area contributed by atoms with Crippen molar-refractivity contribution in [3.63, 3.8) is 0 Å². The first kappa shape index (κ1) is 10.3. The number of ketones is 1. The molecule has 17 heavy (non-hydrogen) atoms. The Hall–Kier alpha value is -1.91. The topological polar surface area (TPSA) is 69.1 Å². The zero-order chi connectivity index (χ0) is 11.8. The van der Waals surface area contributed by atoms with Gasteiger partial charge in [0.2, 0.25) is 11.7 Å². The molecule has 1 atom stereocenters. The number of furan rings is 1. The second-order valence-corrected chi connectivity index (χ2v) is 4.26. The molecular weight excluding hydrogens is 220 g/mol. The van der Waals surface area contributed by atoms with Gasteiger partial charge in [0, 0.05) is 6.42 Å². The third kappa shape index (κ3) is 1.67. The van der Waals surface area contributed by atoms with Gasteiger partial charge < -0.3 is 8.94 Å². The summed E-state index contributed by atoms with van der Waals surface area (Å²) in [6.07, 6.45) is 3.92. The molecule has 0 amide bonds. The van der Waals surface area contributed by atoms with Crippen molar-refractivity contribution in [2.75, 3.05) is 0 Å². The fraction of sp³-hybridized carbons (Fsp3) is 0.417. The fourth-order valence-corrected chi connectivity index (χ4v) is 2.18. The van der Waals surface area contributed by atoms with Gasteiger partial charge >= 0.3 is 0 Å². The SMILES string of the molecule is Cc1occc1-c1noc(C2CCCC2=O)n1. The Kier molecular flexibility index (Phi) is 2.31. The van der Waals surface area contributed by atoms with Crippen molar-refractivity contribution >= 4 is 5.78 Å². The van der Waals surface area contributed by atoms with E-state index in [1.54, 1.807) is 12.3 Å². The maximum atomic E-state index is 11.6. The van der Waals surface area contributed by atoms with E-state index in [1.165, 1.54) is 0 Å². The zero-order valence-corrected chi connectivity index (χ0v) is 9.47. The lowest BCUT2D eigenvalue weighted by atomic mass is 10.1. The zero-order valence-electron chi connectivity index (χ0n) is 9.47. The summed E-state index contributed by atoms with van der Waals surface area (Å²) in [6.45, 7) is 1.84. The number of carbonyl (C=O) groups excluding carboxylic acids is 1. The van der Waals surface area contributed by atoms with Crippen LogP contribution in [-0.4, -0.2) is 15.9 Å². The molecule has 0 aromatic carbocycles. The quantitative estimate of drug-likeness (QED) is 0.795. The van der Waals surface area contributed by atoms with Crippen LogP contribution < -0.4 is 0 Å². The third-order valence-electron chi connectivity index (χ3n) is 3.14. The summed E-state index contributed by atoms with van der Waals surface area (Å²) in [6, 6.07) is 1.79. The molecule has 3 rings (SSSR count). The van der Waals surface area contributed by atoms with Crippen LogP contribution in [0.15, 0.2) is 21.3 Å². The molecule has 0 radical (unpaired) electrons. The first-order valence-electron chi connectivity index (χ1n) is 5.66. The van der Waals surface area contributed by atoms with Crippen LogP contribution in [0, 0.1) is 6.92 Å². The molecular formula is C12H12N2O3. The Morgan fingerprint density at radius 3 is 3.00 bits per heavy atom. The van der Waals surface area contributed by atoms with Gasteiger partial charge in [0.05, 0.1) is 17.7 Å². The smallest absolute Gasteiger partial charge is 0.237 e. The number of nitrogens with zero attached hydrogens (tertiary/aromatic N) is 2. The minimum atomic E-state index is -0.205. The number of rotatable bonds is 2. The third-order valence-corrected chi connectivity index (χ3v) is 3.14. The molecule has 88 valence electrons. The molecule has 1 aliphatic carbocycles. The highest BCUT2D eigenvalue weighted by Crippen LogP contribution is 2.31. The maximum absolute atomic E-state index is 11.6. The van der Waals surface area contributed by atoms with Gasteiger partial charge in [0.1, 0.15) is 11.5 Å². The second kappa shape index (κ2) is 3.84. The highest BCUT2D eigenvalue weighted by Gasteiger charge is 2.31. The Morgan fingerprint density at radius 2 is 2.35 bits per heavy atom. The van der Waals surface area contributed by atoms with Crippen molar-refractivity contribution in [1.82, 2.24) is 10.1 Å². The molecule has 2 heterocycles. The van der Waals surface area contributed by atoms with Crippen LogP contribution in [-0.2, 0) is 4.79 Å². The van der Waals surface area contributed by atoms with Gasteiger partial charge in [-0.3, -0.25) is 4.79 Å². The van der Waals surface area contributed by atoms with Crippen molar-refractivity contribution in [3.8, 4) is 11.4 Å². The van der Waals surface area contributed by atoms with Crippen molar-refractivity contribution in [2.24, 2.45) is 0 Å².